The van der Waals surface area contributed by atoms with Gasteiger partial charge in [0.1, 0.15) is 0 Å². The average Bonchev–Trinajstić information content (AvgIpc) is 2.01. The zero-order valence-electron chi connectivity index (χ0n) is 7.57. The van der Waals surface area contributed by atoms with Crippen molar-refractivity contribution in [2.75, 3.05) is 23.7 Å². The molecule has 3 N–H and O–H groups in total. The molecule has 1 aromatic heterocycles. The molecule has 1 aliphatic rings. The number of pyridine rings is 1. The number of anilines is 2. The first-order valence-electron chi connectivity index (χ1n) is 4.25. The van der Waals surface area contributed by atoms with Crippen molar-refractivity contribution in [2.24, 2.45) is 0 Å². The van der Waals surface area contributed by atoms with Crippen molar-refractivity contribution in [3.8, 4) is 0 Å². The largest absolute Gasteiger partial charge is 0.397 e. The number of hydrogen-bond acceptors (Lipinski definition) is 4. The smallest absolute Gasteiger partial charge is 0.0967 e. The van der Waals surface area contributed by atoms with Gasteiger partial charge >= 0.3 is 0 Å². The first kappa shape index (κ1) is 8.31. The Morgan fingerprint density at radius 1 is 1.62 bits per heavy atom. The minimum Gasteiger partial charge on any atom is -0.397 e. The van der Waals surface area contributed by atoms with Crippen LogP contribution in [-0.4, -0.2) is 28.8 Å². The Morgan fingerprint density at radius 2 is 2.31 bits per heavy atom. The van der Waals surface area contributed by atoms with E-state index in [9.17, 15) is 5.11 Å². The van der Waals surface area contributed by atoms with E-state index in [2.05, 4.69) is 4.98 Å². The molecule has 0 aromatic carbocycles. The third-order valence-electron chi connectivity index (χ3n) is 2.24. The molecule has 0 radical (unpaired) electrons. The van der Waals surface area contributed by atoms with Crippen molar-refractivity contribution >= 4 is 11.4 Å². The molecule has 70 valence electrons. The van der Waals surface area contributed by atoms with E-state index < -0.39 is 5.60 Å². The Morgan fingerprint density at radius 3 is 2.85 bits per heavy atom. The fraction of sp³-hybridized carbons (Fsp3) is 0.444. The van der Waals surface area contributed by atoms with Gasteiger partial charge in [0, 0.05) is 19.3 Å². The highest BCUT2D eigenvalue weighted by atomic mass is 16.3. The monoisotopic (exact) mass is 179 g/mol. The molecule has 1 aliphatic heterocycles. The summed E-state index contributed by atoms with van der Waals surface area (Å²) in [6.45, 7) is 3.07. The number of rotatable bonds is 1. The second-order valence-electron chi connectivity index (χ2n) is 3.79. The van der Waals surface area contributed by atoms with Crippen LogP contribution in [-0.2, 0) is 0 Å². The number of aromatic nitrogens is 1. The number of aliphatic hydroxyl groups is 1. The lowest BCUT2D eigenvalue weighted by Gasteiger charge is -2.45. The Labute approximate surface area is 77.0 Å². The van der Waals surface area contributed by atoms with Crippen LogP contribution < -0.4 is 10.6 Å². The average molecular weight is 179 g/mol. The van der Waals surface area contributed by atoms with E-state index in [1.165, 1.54) is 0 Å². The fourth-order valence-electron chi connectivity index (χ4n) is 1.61. The highest BCUT2D eigenvalue weighted by molar-refractivity contribution is 5.67. The van der Waals surface area contributed by atoms with Crippen LogP contribution in [0.3, 0.4) is 0 Å². The third kappa shape index (κ3) is 1.45. The second-order valence-corrected chi connectivity index (χ2v) is 3.79. The van der Waals surface area contributed by atoms with E-state index in [0.717, 1.165) is 5.69 Å². The van der Waals surface area contributed by atoms with Gasteiger partial charge in [-0.2, -0.15) is 0 Å². The second kappa shape index (κ2) is 2.60. The number of β-amino-alcohol motifs (C(OH)–C–C–N with tert-alkyl or cyclic N) is 1. The van der Waals surface area contributed by atoms with Crippen LogP contribution in [0.2, 0.25) is 0 Å². The molecule has 1 saturated heterocycles. The quantitative estimate of drug-likeness (QED) is 0.648. The summed E-state index contributed by atoms with van der Waals surface area (Å²) in [4.78, 5) is 6.01. The molecule has 0 aliphatic carbocycles. The predicted molar refractivity (Wildman–Crippen MR) is 51.5 cm³/mol. The molecule has 1 fully saturated rings. The number of hydrogen-bond donors (Lipinski definition) is 2. The van der Waals surface area contributed by atoms with E-state index in [1.54, 1.807) is 18.5 Å². The van der Waals surface area contributed by atoms with Crippen molar-refractivity contribution in [1.29, 1.82) is 0 Å². The molecular weight excluding hydrogens is 166 g/mol. The molecule has 2 rings (SSSR count). The van der Waals surface area contributed by atoms with Crippen LogP contribution in [0.1, 0.15) is 6.92 Å². The van der Waals surface area contributed by atoms with Gasteiger partial charge in [0.25, 0.3) is 0 Å². The van der Waals surface area contributed by atoms with Gasteiger partial charge in [-0.25, -0.2) is 0 Å². The maximum absolute atomic E-state index is 9.53. The van der Waals surface area contributed by atoms with Gasteiger partial charge in [0.05, 0.1) is 23.2 Å². The van der Waals surface area contributed by atoms with Crippen molar-refractivity contribution in [3.05, 3.63) is 18.5 Å². The minimum atomic E-state index is -0.567. The van der Waals surface area contributed by atoms with Crippen LogP contribution in [0.5, 0.6) is 0 Å². The maximum atomic E-state index is 9.53. The summed E-state index contributed by atoms with van der Waals surface area (Å²) in [5.74, 6) is 0. The summed E-state index contributed by atoms with van der Waals surface area (Å²) < 4.78 is 0. The lowest BCUT2D eigenvalue weighted by atomic mass is 9.96. The molecule has 13 heavy (non-hydrogen) atoms. The van der Waals surface area contributed by atoms with Crippen LogP contribution in [0, 0.1) is 0 Å². The van der Waals surface area contributed by atoms with Gasteiger partial charge in [0.2, 0.25) is 0 Å². The number of nitrogens with two attached hydrogens (primary N) is 1. The van der Waals surface area contributed by atoms with Crippen molar-refractivity contribution in [1.82, 2.24) is 4.98 Å². The predicted octanol–water partition coefficient (Wildman–Crippen LogP) is 0.235. The molecule has 0 bridgehead atoms. The van der Waals surface area contributed by atoms with Crippen molar-refractivity contribution < 1.29 is 5.11 Å². The van der Waals surface area contributed by atoms with Crippen LogP contribution in [0.4, 0.5) is 11.4 Å². The lowest BCUT2D eigenvalue weighted by molar-refractivity contribution is 0.0311. The SMILES string of the molecule is CC1(O)CN(c2cnccc2N)C1. The van der Waals surface area contributed by atoms with Gasteiger partial charge in [-0.1, -0.05) is 0 Å². The fourth-order valence-corrected chi connectivity index (χ4v) is 1.61. The van der Waals surface area contributed by atoms with Gasteiger partial charge in [-0.3, -0.25) is 4.98 Å². The Hall–Kier alpha value is -1.29. The van der Waals surface area contributed by atoms with E-state index in [4.69, 9.17) is 5.73 Å². The molecule has 4 heteroatoms. The molecule has 0 saturated carbocycles. The van der Waals surface area contributed by atoms with Crippen molar-refractivity contribution in [3.63, 3.8) is 0 Å². The Balaban J connectivity index is 2.16. The Bertz CT molecular complexity index is 316. The van der Waals surface area contributed by atoms with Gasteiger partial charge in [-0.15, -0.1) is 0 Å². The molecule has 0 atom stereocenters. The highest BCUT2D eigenvalue weighted by Gasteiger charge is 2.37. The molecule has 4 nitrogen and oxygen atoms in total. The summed E-state index contributed by atoms with van der Waals surface area (Å²) in [6, 6.07) is 1.77. The van der Waals surface area contributed by atoms with E-state index in [0.29, 0.717) is 18.8 Å². The van der Waals surface area contributed by atoms with Crippen LogP contribution in [0.15, 0.2) is 18.5 Å². The zero-order chi connectivity index (χ0) is 9.47. The number of nitrogens with zero attached hydrogens (tertiary/aromatic N) is 2. The van der Waals surface area contributed by atoms with Gasteiger partial charge < -0.3 is 15.7 Å². The molecule has 2 heterocycles. The summed E-state index contributed by atoms with van der Waals surface area (Å²) in [7, 11) is 0. The molecule has 1 aromatic rings. The first-order chi connectivity index (χ1) is 6.08. The Kier molecular flexibility index (Phi) is 1.66. The van der Waals surface area contributed by atoms with Crippen molar-refractivity contribution in [2.45, 2.75) is 12.5 Å². The first-order valence-corrected chi connectivity index (χ1v) is 4.25. The summed E-state index contributed by atoms with van der Waals surface area (Å²) in [6.07, 6.45) is 3.39. The van der Waals surface area contributed by atoms with E-state index in [1.807, 2.05) is 11.8 Å². The minimum absolute atomic E-state index is 0.567. The van der Waals surface area contributed by atoms with Gasteiger partial charge in [-0.05, 0) is 13.0 Å². The van der Waals surface area contributed by atoms with E-state index >= 15 is 0 Å². The maximum Gasteiger partial charge on any atom is 0.0967 e. The number of nitrogen functional groups attached to an aromatic ring is 1. The van der Waals surface area contributed by atoms with E-state index in [-0.39, 0.29) is 0 Å². The third-order valence-corrected chi connectivity index (χ3v) is 2.24. The van der Waals surface area contributed by atoms with Crippen LogP contribution >= 0.6 is 0 Å². The summed E-state index contributed by atoms with van der Waals surface area (Å²) in [5, 5.41) is 9.53. The van der Waals surface area contributed by atoms with Gasteiger partial charge in [0.15, 0.2) is 0 Å². The van der Waals surface area contributed by atoms with Crippen LogP contribution in [0.25, 0.3) is 0 Å². The lowest BCUT2D eigenvalue weighted by Crippen LogP contribution is -2.60. The summed E-state index contributed by atoms with van der Waals surface area (Å²) >= 11 is 0. The molecule has 0 unspecified atom stereocenters. The standard InChI is InChI=1S/C9H13N3O/c1-9(13)5-12(6-9)8-4-11-3-2-7(8)10/h2-4,13H,5-6H2,1H3,(H2,10,11). The molecule has 0 amide bonds. The highest BCUT2D eigenvalue weighted by Crippen LogP contribution is 2.30. The molecule has 0 spiro atoms. The molecular formula is C9H13N3O. The topological polar surface area (TPSA) is 62.4 Å². The summed E-state index contributed by atoms with van der Waals surface area (Å²) in [5.41, 5.74) is 6.81. The zero-order valence-corrected chi connectivity index (χ0v) is 7.57. The normalized spacial score (nSPS) is 19.7.